The smallest absolute Gasteiger partial charge is 0.254 e. The van der Waals surface area contributed by atoms with E-state index in [4.69, 9.17) is 0 Å². The number of aryl methyl sites for hydroxylation is 3. The van der Waals surface area contributed by atoms with E-state index in [2.05, 4.69) is 10.1 Å². The summed E-state index contributed by atoms with van der Waals surface area (Å²) in [6.45, 7) is 5.31. The van der Waals surface area contributed by atoms with Gasteiger partial charge in [-0.05, 0) is 38.7 Å². The number of aliphatic hydroxyl groups is 1. The maximum atomic E-state index is 13.0. The average molecular weight is 302 g/mol. The molecule has 6 heteroatoms. The number of nitrogens with zero attached hydrogens (tertiary/aromatic N) is 4. The Morgan fingerprint density at radius 2 is 2.23 bits per heavy atom. The fourth-order valence-corrected chi connectivity index (χ4v) is 3.31. The van der Waals surface area contributed by atoms with Crippen LogP contribution in [0.5, 0.6) is 0 Å². The van der Waals surface area contributed by atoms with Gasteiger partial charge in [0, 0.05) is 32.4 Å². The summed E-state index contributed by atoms with van der Waals surface area (Å²) >= 11 is 0. The van der Waals surface area contributed by atoms with Crippen molar-refractivity contribution in [1.82, 2.24) is 19.7 Å². The first kappa shape index (κ1) is 15.0. The molecule has 0 aliphatic carbocycles. The average Bonchev–Trinajstić information content (AvgIpc) is 2.80. The summed E-state index contributed by atoms with van der Waals surface area (Å²) in [5.74, 6) is 0.205. The van der Waals surface area contributed by atoms with E-state index in [1.54, 1.807) is 4.68 Å². The van der Waals surface area contributed by atoms with E-state index in [1.807, 2.05) is 31.9 Å². The molecule has 6 nitrogen and oxygen atoms in total. The molecule has 1 saturated heterocycles. The van der Waals surface area contributed by atoms with Crippen LogP contribution in [0.2, 0.25) is 0 Å². The number of amides is 1. The van der Waals surface area contributed by atoms with E-state index in [0.717, 1.165) is 41.8 Å². The molecule has 0 saturated carbocycles. The first-order valence-electron chi connectivity index (χ1n) is 7.72. The molecule has 1 atom stereocenters. The number of hydrogen-bond acceptors (Lipinski definition) is 4. The van der Waals surface area contributed by atoms with Crippen LogP contribution in [0.1, 0.15) is 34.6 Å². The minimum absolute atomic E-state index is 0.0183. The van der Waals surface area contributed by atoms with Crippen molar-refractivity contribution in [2.24, 2.45) is 13.0 Å². The lowest BCUT2D eigenvalue weighted by atomic mass is 9.98. The van der Waals surface area contributed by atoms with Gasteiger partial charge < -0.3 is 10.0 Å². The fourth-order valence-electron chi connectivity index (χ4n) is 3.31. The van der Waals surface area contributed by atoms with Crippen LogP contribution in [0.4, 0.5) is 0 Å². The molecule has 0 bridgehead atoms. The molecule has 2 aromatic heterocycles. The van der Waals surface area contributed by atoms with Crippen LogP contribution in [0.15, 0.2) is 6.07 Å². The predicted octanol–water partition coefficient (Wildman–Crippen LogP) is 1.43. The Balaban J connectivity index is 2.04. The van der Waals surface area contributed by atoms with Crippen molar-refractivity contribution in [2.75, 3.05) is 19.7 Å². The van der Waals surface area contributed by atoms with E-state index < -0.39 is 0 Å². The van der Waals surface area contributed by atoms with Gasteiger partial charge in [0.1, 0.15) is 0 Å². The highest BCUT2D eigenvalue weighted by atomic mass is 16.3. The molecule has 22 heavy (non-hydrogen) atoms. The molecule has 1 aliphatic heterocycles. The van der Waals surface area contributed by atoms with Crippen molar-refractivity contribution in [3.05, 3.63) is 23.0 Å². The molecule has 118 valence electrons. The molecule has 1 aliphatic rings. The molecule has 1 unspecified atom stereocenters. The van der Waals surface area contributed by atoms with E-state index in [-0.39, 0.29) is 18.4 Å². The molecule has 3 heterocycles. The van der Waals surface area contributed by atoms with Crippen LogP contribution < -0.4 is 0 Å². The predicted molar refractivity (Wildman–Crippen MR) is 83.7 cm³/mol. The Kier molecular flexibility index (Phi) is 3.87. The summed E-state index contributed by atoms with van der Waals surface area (Å²) in [6.07, 6.45) is 1.92. The highest BCUT2D eigenvalue weighted by Crippen LogP contribution is 2.25. The molecular formula is C16H22N4O2. The first-order chi connectivity index (χ1) is 10.5. The van der Waals surface area contributed by atoms with Gasteiger partial charge >= 0.3 is 0 Å². The Labute approximate surface area is 129 Å². The third-order valence-electron chi connectivity index (χ3n) is 4.39. The third kappa shape index (κ3) is 2.47. The lowest BCUT2D eigenvalue weighted by Gasteiger charge is -2.32. The van der Waals surface area contributed by atoms with E-state index >= 15 is 0 Å². The number of carbonyl (C=O) groups excluding carboxylic acids is 1. The SMILES string of the molecule is Cc1cc(C(=O)N2CCCC(CO)C2)c2c(C)nn(C)c2n1. The van der Waals surface area contributed by atoms with E-state index in [9.17, 15) is 9.90 Å². The maximum Gasteiger partial charge on any atom is 0.254 e. The molecule has 1 fully saturated rings. The third-order valence-corrected chi connectivity index (χ3v) is 4.39. The highest BCUT2D eigenvalue weighted by molar-refractivity contribution is 6.06. The molecule has 3 rings (SSSR count). The lowest BCUT2D eigenvalue weighted by molar-refractivity contribution is 0.0622. The quantitative estimate of drug-likeness (QED) is 0.911. The molecule has 2 aromatic rings. The second kappa shape index (κ2) is 5.68. The van der Waals surface area contributed by atoms with Crippen molar-refractivity contribution < 1.29 is 9.90 Å². The van der Waals surface area contributed by atoms with Crippen LogP contribution in [0.25, 0.3) is 11.0 Å². The van der Waals surface area contributed by atoms with E-state index in [0.29, 0.717) is 12.1 Å². The topological polar surface area (TPSA) is 71.2 Å². The van der Waals surface area contributed by atoms with Gasteiger partial charge in [0.25, 0.3) is 5.91 Å². The minimum atomic E-state index is 0.0183. The van der Waals surface area contributed by atoms with Crippen molar-refractivity contribution in [2.45, 2.75) is 26.7 Å². The molecule has 1 N–H and O–H groups in total. The number of fused-ring (bicyclic) bond motifs is 1. The Morgan fingerprint density at radius 1 is 1.45 bits per heavy atom. The van der Waals surface area contributed by atoms with Gasteiger partial charge in [0.2, 0.25) is 0 Å². The zero-order valence-electron chi connectivity index (χ0n) is 13.3. The van der Waals surface area contributed by atoms with Gasteiger partial charge in [-0.3, -0.25) is 9.48 Å². The lowest BCUT2D eigenvalue weighted by Crippen LogP contribution is -2.41. The Hall–Kier alpha value is -1.95. The van der Waals surface area contributed by atoms with Gasteiger partial charge in [0.15, 0.2) is 5.65 Å². The van der Waals surface area contributed by atoms with Gasteiger partial charge in [-0.15, -0.1) is 0 Å². The largest absolute Gasteiger partial charge is 0.396 e. The number of piperidine rings is 1. The normalized spacial score (nSPS) is 18.9. The van der Waals surface area contributed by atoms with Crippen molar-refractivity contribution in [1.29, 1.82) is 0 Å². The molecule has 1 amide bonds. The summed E-state index contributed by atoms with van der Waals surface area (Å²) in [5, 5.41) is 14.6. The number of carbonyl (C=O) groups is 1. The number of aliphatic hydroxyl groups excluding tert-OH is 1. The fraction of sp³-hybridized carbons (Fsp3) is 0.562. The molecular weight excluding hydrogens is 280 g/mol. The maximum absolute atomic E-state index is 13.0. The van der Waals surface area contributed by atoms with Gasteiger partial charge in [-0.2, -0.15) is 5.10 Å². The van der Waals surface area contributed by atoms with Crippen molar-refractivity contribution in [3.8, 4) is 0 Å². The number of hydrogen-bond donors (Lipinski definition) is 1. The number of rotatable bonds is 2. The number of pyridine rings is 1. The summed E-state index contributed by atoms with van der Waals surface area (Å²) < 4.78 is 1.72. The summed E-state index contributed by atoms with van der Waals surface area (Å²) in [7, 11) is 1.85. The summed E-state index contributed by atoms with van der Waals surface area (Å²) in [4.78, 5) is 19.3. The Morgan fingerprint density at radius 3 is 2.95 bits per heavy atom. The monoisotopic (exact) mass is 302 g/mol. The Bertz CT molecular complexity index is 722. The second-order valence-corrected chi connectivity index (χ2v) is 6.16. The van der Waals surface area contributed by atoms with Gasteiger partial charge in [-0.1, -0.05) is 0 Å². The highest BCUT2D eigenvalue weighted by Gasteiger charge is 2.26. The van der Waals surface area contributed by atoms with Gasteiger partial charge in [-0.25, -0.2) is 4.98 Å². The standard InChI is InChI=1S/C16H22N4O2/c1-10-7-13(14-11(2)18-19(3)15(14)17-10)16(22)20-6-4-5-12(8-20)9-21/h7,12,21H,4-6,8-9H2,1-3H3. The zero-order valence-corrected chi connectivity index (χ0v) is 13.3. The van der Waals surface area contributed by atoms with Crippen LogP contribution in [0, 0.1) is 19.8 Å². The van der Waals surface area contributed by atoms with Gasteiger partial charge in [0.05, 0.1) is 16.6 Å². The zero-order chi connectivity index (χ0) is 15.9. The molecule has 0 spiro atoms. The summed E-state index contributed by atoms with van der Waals surface area (Å²) in [6, 6.07) is 1.85. The van der Waals surface area contributed by atoms with Crippen molar-refractivity contribution >= 4 is 16.9 Å². The van der Waals surface area contributed by atoms with Crippen molar-refractivity contribution in [3.63, 3.8) is 0 Å². The summed E-state index contributed by atoms with van der Waals surface area (Å²) in [5.41, 5.74) is 3.06. The first-order valence-corrected chi connectivity index (χ1v) is 7.72. The number of aromatic nitrogens is 3. The second-order valence-electron chi connectivity index (χ2n) is 6.16. The van der Waals surface area contributed by atoms with Crippen LogP contribution in [-0.4, -0.2) is 50.4 Å². The molecule has 0 aromatic carbocycles. The minimum Gasteiger partial charge on any atom is -0.396 e. The van der Waals surface area contributed by atoms with Crippen LogP contribution in [-0.2, 0) is 7.05 Å². The van der Waals surface area contributed by atoms with Crippen LogP contribution in [0.3, 0.4) is 0 Å². The van der Waals surface area contributed by atoms with E-state index in [1.165, 1.54) is 0 Å². The number of likely N-dealkylation sites (tertiary alicyclic amines) is 1. The molecule has 0 radical (unpaired) electrons. The van der Waals surface area contributed by atoms with Crippen LogP contribution >= 0.6 is 0 Å².